The summed E-state index contributed by atoms with van der Waals surface area (Å²) in [6.07, 6.45) is 0.632. The minimum absolute atomic E-state index is 0.134. The first-order valence-corrected chi connectivity index (χ1v) is 5.62. The quantitative estimate of drug-likeness (QED) is 0.809. The number of benzene rings is 1. The molecule has 1 aliphatic heterocycles. The van der Waals surface area contributed by atoms with E-state index in [0.717, 1.165) is 17.1 Å². The van der Waals surface area contributed by atoms with Crippen LogP contribution in [0.1, 0.15) is 18.9 Å². The molecule has 17 heavy (non-hydrogen) atoms. The number of carbonyl (C=O) groups is 1. The van der Waals surface area contributed by atoms with Crippen molar-refractivity contribution in [2.24, 2.45) is 5.73 Å². The van der Waals surface area contributed by atoms with E-state index in [2.05, 4.69) is 5.32 Å². The van der Waals surface area contributed by atoms with E-state index in [4.69, 9.17) is 15.2 Å². The predicted molar refractivity (Wildman–Crippen MR) is 62.7 cm³/mol. The van der Waals surface area contributed by atoms with Gasteiger partial charge < -0.3 is 20.5 Å². The molecule has 2 rings (SSSR count). The number of nitrogens with two attached hydrogens (primary N) is 1. The van der Waals surface area contributed by atoms with E-state index in [0.29, 0.717) is 13.0 Å². The molecule has 0 spiro atoms. The van der Waals surface area contributed by atoms with Crippen LogP contribution in [0.3, 0.4) is 0 Å². The van der Waals surface area contributed by atoms with Crippen molar-refractivity contribution in [2.45, 2.75) is 25.9 Å². The van der Waals surface area contributed by atoms with E-state index in [1.807, 2.05) is 25.1 Å². The molecule has 0 aromatic heterocycles. The minimum Gasteiger partial charge on any atom is -0.454 e. The van der Waals surface area contributed by atoms with E-state index in [-0.39, 0.29) is 12.7 Å². The Morgan fingerprint density at radius 2 is 2.24 bits per heavy atom. The SMILES string of the molecule is CC[C@H](N)C(=O)NCc1ccc2c(c1)OCO2. The van der Waals surface area contributed by atoms with Crippen molar-refractivity contribution in [3.8, 4) is 11.5 Å². The summed E-state index contributed by atoms with van der Waals surface area (Å²) >= 11 is 0. The average Bonchev–Trinajstić information content (AvgIpc) is 2.82. The van der Waals surface area contributed by atoms with Gasteiger partial charge in [-0.25, -0.2) is 0 Å². The number of ether oxygens (including phenoxy) is 2. The van der Waals surface area contributed by atoms with Crippen LogP contribution in [0.25, 0.3) is 0 Å². The second kappa shape index (κ2) is 5.05. The summed E-state index contributed by atoms with van der Waals surface area (Å²) < 4.78 is 10.5. The van der Waals surface area contributed by atoms with Crippen molar-refractivity contribution in [1.82, 2.24) is 5.32 Å². The van der Waals surface area contributed by atoms with Crippen molar-refractivity contribution >= 4 is 5.91 Å². The molecule has 1 atom stereocenters. The third kappa shape index (κ3) is 2.68. The van der Waals surface area contributed by atoms with Crippen LogP contribution in [0, 0.1) is 0 Å². The van der Waals surface area contributed by atoms with Gasteiger partial charge in [-0.3, -0.25) is 4.79 Å². The van der Waals surface area contributed by atoms with Gasteiger partial charge >= 0.3 is 0 Å². The van der Waals surface area contributed by atoms with E-state index < -0.39 is 6.04 Å². The van der Waals surface area contributed by atoms with Gasteiger partial charge in [0.15, 0.2) is 11.5 Å². The zero-order chi connectivity index (χ0) is 12.3. The van der Waals surface area contributed by atoms with Crippen LogP contribution in [0.2, 0.25) is 0 Å². The summed E-state index contributed by atoms with van der Waals surface area (Å²) in [5.74, 6) is 1.33. The Morgan fingerprint density at radius 3 is 3.00 bits per heavy atom. The number of amides is 1. The number of nitrogens with one attached hydrogen (secondary N) is 1. The van der Waals surface area contributed by atoms with Gasteiger partial charge in [0, 0.05) is 6.54 Å². The Hall–Kier alpha value is -1.75. The monoisotopic (exact) mass is 236 g/mol. The van der Waals surface area contributed by atoms with Crippen molar-refractivity contribution < 1.29 is 14.3 Å². The summed E-state index contributed by atoms with van der Waals surface area (Å²) in [6.45, 7) is 2.58. The maximum Gasteiger partial charge on any atom is 0.237 e. The second-order valence-electron chi connectivity index (χ2n) is 3.92. The standard InChI is InChI=1S/C12H16N2O3/c1-2-9(13)12(15)14-6-8-3-4-10-11(5-8)17-7-16-10/h3-5,9H,2,6-7,13H2,1H3,(H,14,15)/t9-/m0/s1. The molecule has 5 heteroatoms. The third-order valence-electron chi connectivity index (χ3n) is 2.68. The molecule has 0 saturated carbocycles. The van der Waals surface area contributed by atoms with E-state index in [1.54, 1.807) is 0 Å². The first-order chi connectivity index (χ1) is 8.20. The normalized spacial score (nSPS) is 14.5. The Bertz CT molecular complexity index is 420. The van der Waals surface area contributed by atoms with Gasteiger partial charge in [-0.05, 0) is 24.1 Å². The molecule has 92 valence electrons. The van der Waals surface area contributed by atoms with Crippen LogP contribution in [-0.2, 0) is 11.3 Å². The first-order valence-electron chi connectivity index (χ1n) is 5.62. The van der Waals surface area contributed by atoms with Crippen LogP contribution in [0.4, 0.5) is 0 Å². The Labute approximate surface area is 99.9 Å². The Kier molecular flexibility index (Phi) is 3.49. The molecule has 0 fully saturated rings. The van der Waals surface area contributed by atoms with Gasteiger partial charge in [0.25, 0.3) is 0 Å². The molecule has 0 bridgehead atoms. The smallest absolute Gasteiger partial charge is 0.237 e. The molecule has 1 aliphatic rings. The van der Waals surface area contributed by atoms with Crippen LogP contribution >= 0.6 is 0 Å². The number of hydrogen-bond donors (Lipinski definition) is 2. The summed E-state index contributed by atoms with van der Waals surface area (Å²) in [5, 5.41) is 2.78. The maximum atomic E-state index is 11.5. The molecule has 0 saturated heterocycles. The highest BCUT2D eigenvalue weighted by Gasteiger charge is 2.14. The third-order valence-corrected chi connectivity index (χ3v) is 2.68. The van der Waals surface area contributed by atoms with Gasteiger partial charge in [-0.1, -0.05) is 13.0 Å². The first kappa shape index (κ1) is 11.7. The summed E-state index contributed by atoms with van der Waals surface area (Å²) in [7, 11) is 0. The maximum absolute atomic E-state index is 11.5. The van der Waals surface area contributed by atoms with Gasteiger partial charge in [-0.2, -0.15) is 0 Å². The van der Waals surface area contributed by atoms with Gasteiger partial charge in [0.05, 0.1) is 6.04 Å². The van der Waals surface area contributed by atoms with E-state index >= 15 is 0 Å². The average molecular weight is 236 g/mol. The Balaban J connectivity index is 1.93. The molecule has 1 aromatic rings. The van der Waals surface area contributed by atoms with Gasteiger partial charge in [0.1, 0.15) is 0 Å². The lowest BCUT2D eigenvalue weighted by Gasteiger charge is -2.10. The summed E-state index contributed by atoms with van der Waals surface area (Å²) in [5.41, 5.74) is 6.58. The zero-order valence-electron chi connectivity index (χ0n) is 9.73. The zero-order valence-corrected chi connectivity index (χ0v) is 9.73. The lowest BCUT2D eigenvalue weighted by molar-refractivity contribution is -0.122. The van der Waals surface area contributed by atoms with Crippen molar-refractivity contribution in [1.29, 1.82) is 0 Å². The highest BCUT2D eigenvalue weighted by Crippen LogP contribution is 2.32. The molecule has 5 nitrogen and oxygen atoms in total. The second-order valence-corrected chi connectivity index (χ2v) is 3.92. The van der Waals surface area contributed by atoms with Crippen LogP contribution < -0.4 is 20.5 Å². The topological polar surface area (TPSA) is 73.6 Å². The van der Waals surface area contributed by atoms with Crippen molar-refractivity contribution in [3.63, 3.8) is 0 Å². The highest BCUT2D eigenvalue weighted by molar-refractivity contribution is 5.81. The fraction of sp³-hybridized carbons (Fsp3) is 0.417. The van der Waals surface area contributed by atoms with Gasteiger partial charge in [-0.15, -0.1) is 0 Å². The number of hydrogen-bond acceptors (Lipinski definition) is 4. The molecule has 0 radical (unpaired) electrons. The minimum atomic E-state index is -0.441. The molecular formula is C12H16N2O3. The molecule has 0 unspecified atom stereocenters. The van der Waals surface area contributed by atoms with Crippen LogP contribution in [0.15, 0.2) is 18.2 Å². The van der Waals surface area contributed by atoms with E-state index in [9.17, 15) is 4.79 Å². The molecule has 3 N–H and O–H groups in total. The summed E-state index contributed by atoms with van der Waals surface area (Å²) in [4.78, 5) is 11.5. The van der Waals surface area contributed by atoms with Crippen molar-refractivity contribution in [3.05, 3.63) is 23.8 Å². The molecule has 1 heterocycles. The van der Waals surface area contributed by atoms with Gasteiger partial charge in [0.2, 0.25) is 12.7 Å². The van der Waals surface area contributed by atoms with Crippen LogP contribution in [-0.4, -0.2) is 18.7 Å². The van der Waals surface area contributed by atoms with Crippen molar-refractivity contribution in [2.75, 3.05) is 6.79 Å². The molecular weight excluding hydrogens is 220 g/mol. The fourth-order valence-corrected chi connectivity index (χ4v) is 1.56. The molecule has 0 aliphatic carbocycles. The lowest BCUT2D eigenvalue weighted by Crippen LogP contribution is -2.39. The fourth-order valence-electron chi connectivity index (χ4n) is 1.56. The number of fused-ring (bicyclic) bond motifs is 1. The predicted octanol–water partition coefficient (Wildman–Crippen LogP) is 0.769. The molecule has 1 aromatic carbocycles. The summed E-state index contributed by atoms with van der Waals surface area (Å²) in [6, 6.07) is 5.15. The highest BCUT2D eigenvalue weighted by atomic mass is 16.7. The lowest BCUT2D eigenvalue weighted by atomic mass is 10.2. The van der Waals surface area contributed by atoms with E-state index in [1.165, 1.54) is 0 Å². The largest absolute Gasteiger partial charge is 0.454 e. The number of carbonyl (C=O) groups excluding carboxylic acids is 1. The van der Waals surface area contributed by atoms with Crippen LogP contribution in [0.5, 0.6) is 11.5 Å². The number of rotatable bonds is 4. The molecule has 1 amide bonds. The Morgan fingerprint density at radius 1 is 1.47 bits per heavy atom.